The Labute approximate surface area is 218 Å². The summed E-state index contributed by atoms with van der Waals surface area (Å²) < 4.78 is 56.4. The van der Waals surface area contributed by atoms with E-state index >= 15 is 0 Å². The molecule has 0 amide bonds. The Balaban J connectivity index is 2.04. The number of rotatable bonds is 6. The standard InChI is InChI=1S/C32H35F4N/c1-29(2,3)25-12-23(15-28(33)17-25)19-31(6,7)26-13-22(14-27(16-26)32(34,35)36)18-30(4,5)24-10-8-9-21(11-24)20-37/h8-17H,18-19H2,1-7H3. The lowest BCUT2D eigenvalue weighted by Crippen LogP contribution is -2.25. The molecule has 1 nitrogen and oxygen atoms in total. The Morgan fingerprint density at radius 2 is 1.19 bits per heavy atom. The van der Waals surface area contributed by atoms with Crippen molar-refractivity contribution >= 4 is 0 Å². The van der Waals surface area contributed by atoms with Gasteiger partial charge in [-0.05, 0) is 93.3 Å². The quantitative estimate of drug-likeness (QED) is 0.304. The summed E-state index contributed by atoms with van der Waals surface area (Å²) in [6.07, 6.45) is -3.74. The zero-order chi connectivity index (χ0) is 27.8. The summed E-state index contributed by atoms with van der Waals surface area (Å²) in [4.78, 5) is 0. The van der Waals surface area contributed by atoms with Crippen LogP contribution in [-0.2, 0) is 35.3 Å². The maximum Gasteiger partial charge on any atom is 0.416 e. The van der Waals surface area contributed by atoms with E-state index in [-0.39, 0.29) is 11.2 Å². The first-order chi connectivity index (χ1) is 16.9. The van der Waals surface area contributed by atoms with Crippen LogP contribution < -0.4 is 0 Å². The molecule has 0 aliphatic rings. The minimum Gasteiger partial charge on any atom is -0.207 e. The van der Waals surface area contributed by atoms with Gasteiger partial charge in [0.2, 0.25) is 0 Å². The van der Waals surface area contributed by atoms with Crippen molar-refractivity contribution in [3.8, 4) is 6.07 Å². The fourth-order valence-electron chi connectivity index (χ4n) is 4.77. The molecular formula is C32H35F4N. The molecule has 0 aromatic heterocycles. The monoisotopic (exact) mass is 509 g/mol. The third kappa shape index (κ3) is 7.01. The average Bonchev–Trinajstić information content (AvgIpc) is 2.76. The molecule has 0 N–H and O–H groups in total. The van der Waals surface area contributed by atoms with E-state index in [4.69, 9.17) is 0 Å². The fraction of sp³-hybridized carbons (Fsp3) is 0.406. The molecule has 196 valence electrons. The molecule has 0 saturated heterocycles. The van der Waals surface area contributed by atoms with Crippen LogP contribution in [0.5, 0.6) is 0 Å². The lowest BCUT2D eigenvalue weighted by molar-refractivity contribution is -0.137. The van der Waals surface area contributed by atoms with Gasteiger partial charge in [0.1, 0.15) is 5.82 Å². The molecule has 0 bridgehead atoms. The molecule has 3 aromatic carbocycles. The SMILES string of the molecule is CC(C)(C)c1cc(F)cc(CC(C)(C)c2cc(CC(C)(C)c3cccc(C#N)c3)cc(C(F)(F)F)c2)c1. The predicted octanol–water partition coefficient (Wildman–Crippen LogP) is 9.05. The Bertz CT molecular complexity index is 1320. The number of hydrogen-bond acceptors (Lipinski definition) is 1. The van der Waals surface area contributed by atoms with Gasteiger partial charge < -0.3 is 0 Å². The third-order valence-corrected chi connectivity index (χ3v) is 6.99. The molecule has 0 aliphatic heterocycles. The molecule has 0 aliphatic carbocycles. The van der Waals surface area contributed by atoms with E-state index < -0.39 is 22.6 Å². The largest absolute Gasteiger partial charge is 0.416 e. The number of halogens is 4. The van der Waals surface area contributed by atoms with Gasteiger partial charge in [-0.15, -0.1) is 0 Å². The van der Waals surface area contributed by atoms with Gasteiger partial charge in [-0.3, -0.25) is 0 Å². The van der Waals surface area contributed by atoms with Crippen molar-refractivity contribution in [1.82, 2.24) is 0 Å². The highest BCUT2D eigenvalue weighted by molar-refractivity contribution is 5.41. The summed E-state index contributed by atoms with van der Waals surface area (Å²) in [6.45, 7) is 13.7. The molecule has 37 heavy (non-hydrogen) atoms. The van der Waals surface area contributed by atoms with Crippen LogP contribution in [0.2, 0.25) is 0 Å². The number of nitriles is 1. The second kappa shape index (κ2) is 9.97. The highest BCUT2D eigenvalue weighted by Crippen LogP contribution is 2.38. The second-order valence-electron chi connectivity index (χ2n) is 12.3. The van der Waals surface area contributed by atoms with Crippen molar-refractivity contribution < 1.29 is 17.6 Å². The average molecular weight is 510 g/mol. The Morgan fingerprint density at radius 1 is 0.649 bits per heavy atom. The molecule has 3 aromatic rings. The van der Waals surface area contributed by atoms with Crippen LogP contribution >= 0.6 is 0 Å². The molecule has 0 fully saturated rings. The molecule has 0 atom stereocenters. The predicted molar refractivity (Wildman–Crippen MR) is 141 cm³/mol. The van der Waals surface area contributed by atoms with E-state index in [0.717, 1.165) is 16.7 Å². The molecule has 0 unspecified atom stereocenters. The van der Waals surface area contributed by atoms with Crippen LogP contribution in [0, 0.1) is 17.1 Å². The maximum absolute atomic E-state index is 14.5. The van der Waals surface area contributed by atoms with Crippen molar-refractivity contribution in [3.63, 3.8) is 0 Å². The Morgan fingerprint density at radius 3 is 1.76 bits per heavy atom. The zero-order valence-corrected chi connectivity index (χ0v) is 22.6. The van der Waals surface area contributed by atoms with Crippen LogP contribution in [0.4, 0.5) is 17.6 Å². The van der Waals surface area contributed by atoms with Gasteiger partial charge in [-0.1, -0.05) is 72.7 Å². The van der Waals surface area contributed by atoms with E-state index in [9.17, 15) is 22.8 Å². The molecule has 0 spiro atoms. The lowest BCUT2D eigenvalue weighted by atomic mass is 9.74. The molecular weight excluding hydrogens is 474 g/mol. The van der Waals surface area contributed by atoms with Crippen molar-refractivity contribution in [1.29, 1.82) is 5.26 Å². The van der Waals surface area contributed by atoms with Gasteiger partial charge in [0, 0.05) is 0 Å². The van der Waals surface area contributed by atoms with Gasteiger partial charge in [-0.2, -0.15) is 18.4 Å². The number of nitrogens with zero attached hydrogens (tertiary/aromatic N) is 1. The lowest BCUT2D eigenvalue weighted by Gasteiger charge is -2.30. The first-order valence-corrected chi connectivity index (χ1v) is 12.4. The molecule has 3 rings (SSSR count). The summed E-state index contributed by atoms with van der Waals surface area (Å²) >= 11 is 0. The van der Waals surface area contributed by atoms with Crippen LogP contribution in [0.3, 0.4) is 0 Å². The molecule has 0 heterocycles. The Hall–Kier alpha value is -3.13. The molecule has 0 saturated carbocycles. The minimum atomic E-state index is -4.50. The fourth-order valence-corrected chi connectivity index (χ4v) is 4.77. The van der Waals surface area contributed by atoms with Gasteiger partial charge >= 0.3 is 6.18 Å². The molecule has 5 heteroatoms. The van der Waals surface area contributed by atoms with Gasteiger partial charge in [0.25, 0.3) is 0 Å². The summed E-state index contributed by atoms with van der Waals surface area (Å²) in [5, 5.41) is 9.27. The number of benzene rings is 3. The van der Waals surface area contributed by atoms with Crippen LogP contribution in [0.1, 0.15) is 87.4 Å². The van der Waals surface area contributed by atoms with Crippen molar-refractivity contribution in [2.24, 2.45) is 0 Å². The van der Waals surface area contributed by atoms with E-state index in [0.29, 0.717) is 29.5 Å². The van der Waals surface area contributed by atoms with E-state index in [1.165, 1.54) is 24.3 Å². The summed E-state index contributed by atoms with van der Waals surface area (Å²) in [5.41, 5.74) is 2.02. The van der Waals surface area contributed by atoms with Gasteiger partial charge in [0.05, 0.1) is 17.2 Å². The Kier molecular flexibility index (Phi) is 7.66. The molecule has 0 radical (unpaired) electrons. The second-order valence-corrected chi connectivity index (χ2v) is 12.3. The van der Waals surface area contributed by atoms with Crippen LogP contribution in [-0.4, -0.2) is 0 Å². The first kappa shape index (κ1) is 28.4. The van der Waals surface area contributed by atoms with Crippen molar-refractivity contribution in [2.75, 3.05) is 0 Å². The van der Waals surface area contributed by atoms with Crippen LogP contribution in [0.25, 0.3) is 0 Å². The minimum absolute atomic E-state index is 0.251. The van der Waals surface area contributed by atoms with Gasteiger partial charge in [0.15, 0.2) is 0 Å². The topological polar surface area (TPSA) is 23.8 Å². The number of alkyl halides is 3. The van der Waals surface area contributed by atoms with E-state index in [2.05, 4.69) is 6.07 Å². The highest BCUT2D eigenvalue weighted by atomic mass is 19.4. The van der Waals surface area contributed by atoms with Crippen molar-refractivity contribution in [3.05, 3.63) is 105 Å². The highest BCUT2D eigenvalue weighted by Gasteiger charge is 2.34. The van der Waals surface area contributed by atoms with E-state index in [1.54, 1.807) is 18.2 Å². The normalized spacial score (nSPS) is 12.9. The zero-order valence-electron chi connectivity index (χ0n) is 22.6. The van der Waals surface area contributed by atoms with E-state index in [1.807, 2.05) is 66.7 Å². The van der Waals surface area contributed by atoms with Crippen LogP contribution in [0.15, 0.2) is 60.7 Å². The van der Waals surface area contributed by atoms with Crippen molar-refractivity contribution in [2.45, 2.75) is 83.7 Å². The first-order valence-electron chi connectivity index (χ1n) is 12.4. The summed E-state index contributed by atoms with van der Waals surface area (Å²) in [7, 11) is 0. The van der Waals surface area contributed by atoms with Gasteiger partial charge in [-0.25, -0.2) is 4.39 Å². The third-order valence-electron chi connectivity index (χ3n) is 6.99. The summed E-state index contributed by atoms with van der Waals surface area (Å²) in [5.74, 6) is -0.343. The summed E-state index contributed by atoms with van der Waals surface area (Å²) in [6, 6.07) is 18.5. The smallest absolute Gasteiger partial charge is 0.207 e. The maximum atomic E-state index is 14.5. The number of hydrogen-bond donors (Lipinski definition) is 0.